The highest BCUT2D eigenvalue weighted by Gasteiger charge is 2.25. The van der Waals surface area contributed by atoms with Crippen LogP contribution in [0.15, 0.2) is 34.7 Å². The molecule has 0 aliphatic heterocycles. The van der Waals surface area contributed by atoms with Gasteiger partial charge in [-0.15, -0.1) is 0 Å². The van der Waals surface area contributed by atoms with Crippen LogP contribution in [0.2, 0.25) is 0 Å². The fourth-order valence-electron chi connectivity index (χ4n) is 3.16. The zero-order chi connectivity index (χ0) is 16.8. The monoisotopic (exact) mass is 325 g/mol. The number of halogens is 3. The lowest BCUT2D eigenvalue weighted by Crippen LogP contribution is -2.27. The Morgan fingerprint density at radius 2 is 1.75 bits per heavy atom. The van der Waals surface area contributed by atoms with Crippen molar-refractivity contribution in [1.82, 2.24) is 0 Å². The summed E-state index contributed by atoms with van der Waals surface area (Å²) >= 11 is 0. The maximum atomic E-state index is 14.3. The minimum atomic E-state index is -1.65. The maximum Gasteiger partial charge on any atom is 0.196 e. The first-order chi connectivity index (χ1) is 11.6. The van der Waals surface area contributed by atoms with Crippen molar-refractivity contribution in [1.29, 1.82) is 5.26 Å². The minimum Gasteiger partial charge on any atom is -0.454 e. The molecular formula is C19H10F3NO. The second kappa shape index (κ2) is 5.27. The molecule has 2 nitrogen and oxygen atoms in total. The summed E-state index contributed by atoms with van der Waals surface area (Å²) in [6.07, 6.45) is 3.01. The molecule has 5 heteroatoms. The molecular weight excluding hydrogens is 315 g/mol. The van der Waals surface area contributed by atoms with Crippen molar-refractivity contribution in [2.75, 3.05) is 0 Å². The van der Waals surface area contributed by atoms with Crippen LogP contribution in [-0.2, 0) is 0 Å². The number of nitrogens with zero attached hydrogens (tertiary/aromatic N) is 1. The van der Waals surface area contributed by atoms with Crippen LogP contribution in [-0.4, -0.2) is 0 Å². The van der Waals surface area contributed by atoms with E-state index in [0.29, 0.717) is 23.5 Å². The van der Waals surface area contributed by atoms with Gasteiger partial charge in [0.1, 0.15) is 17.0 Å². The highest BCUT2D eigenvalue weighted by Crippen LogP contribution is 2.27. The van der Waals surface area contributed by atoms with Crippen molar-refractivity contribution in [3.05, 3.63) is 69.5 Å². The number of furan rings is 1. The summed E-state index contributed by atoms with van der Waals surface area (Å²) in [5.74, 6) is -4.49. The smallest absolute Gasteiger partial charge is 0.196 e. The third-order valence-electron chi connectivity index (χ3n) is 4.25. The molecule has 0 unspecified atom stereocenters. The molecule has 24 heavy (non-hydrogen) atoms. The summed E-state index contributed by atoms with van der Waals surface area (Å²) in [5.41, 5.74) is 1.23. The van der Waals surface area contributed by atoms with Gasteiger partial charge in [-0.05, 0) is 18.4 Å². The van der Waals surface area contributed by atoms with Gasteiger partial charge in [0, 0.05) is 10.8 Å². The molecule has 1 aliphatic rings. The number of hydrogen-bond donors (Lipinski definition) is 0. The molecule has 118 valence electrons. The average Bonchev–Trinajstić information content (AvgIpc) is 3.00. The summed E-state index contributed by atoms with van der Waals surface area (Å²) in [7, 11) is 0. The predicted octanol–water partition coefficient (Wildman–Crippen LogP) is 3.50. The van der Waals surface area contributed by atoms with Gasteiger partial charge in [-0.1, -0.05) is 36.4 Å². The van der Waals surface area contributed by atoms with E-state index in [0.717, 1.165) is 11.1 Å². The number of fused-ring (bicyclic) bond motifs is 3. The van der Waals surface area contributed by atoms with Crippen LogP contribution in [0.5, 0.6) is 0 Å². The Labute approximate surface area is 134 Å². The number of rotatable bonds is 1. The van der Waals surface area contributed by atoms with Gasteiger partial charge in [-0.25, -0.2) is 13.2 Å². The largest absolute Gasteiger partial charge is 0.454 e. The van der Waals surface area contributed by atoms with Crippen LogP contribution >= 0.6 is 0 Å². The van der Waals surface area contributed by atoms with Gasteiger partial charge < -0.3 is 4.42 Å². The van der Waals surface area contributed by atoms with Gasteiger partial charge in [0.05, 0.1) is 5.39 Å². The summed E-state index contributed by atoms with van der Waals surface area (Å²) in [5, 5.41) is 9.32. The first-order valence-electron chi connectivity index (χ1n) is 7.41. The quantitative estimate of drug-likeness (QED) is 0.642. The summed E-state index contributed by atoms with van der Waals surface area (Å²) < 4.78 is 47.6. The zero-order valence-electron chi connectivity index (χ0n) is 12.4. The molecule has 0 saturated carbocycles. The predicted molar refractivity (Wildman–Crippen MR) is 82.7 cm³/mol. The first-order valence-corrected chi connectivity index (χ1v) is 7.41. The van der Waals surface area contributed by atoms with Gasteiger partial charge in [-0.2, -0.15) is 5.26 Å². The fourth-order valence-corrected chi connectivity index (χ4v) is 3.16. The van der Waals surface area contributed by atoms with E-state index >= 15 is 0 Å². The van der Waals surface area contributed by atoms with Crippen molar-refractivity contribution in [2.45, 2.75) is 12.8 Å². The van der Waals surface area contributed by atoms with Crippen LogP contribution in [0.4, 0.5) is 13.2 Å². The van der Waals surface area contributed by atoms with Gasteiger partial charge in [0.15, 0.2) is 23.0 Å². The molecule has 3 aromatic rings. The van der Waals surface area contributed by atoms with Crippen LogP contribution in [0.3, 0.4) is 0 Å². The lowest BCUT2D eigenvalue weighted by Gasteiger charge is -2.07. The van der Waals surface area contributed by atoms with E-state index in [1.54, 1.807) is 12.1 Å². The van der Waals surface area contributed by atoms with E-state index in [-0.39, 0.29) is 11.0 Å². The van der Waals surface area contributed by atoms with Crippen molar-refractivity contribution in [3.63, 3.8) is 0 Å². The maximum absolute atomic E-state index is 14.3. The van der Waals surface area contributed by atoms with E-state index in [2.05, 4.69) is 0 Å². The van der Waals surface area contributed by atoms with Gasteiger partial charge in [0.2, 0.25) is 0 Å². The molecule has 0 amide bonds. The highest BCUT2D eigenvalue weighted by atomic mass is 19.2. The van der Waals surface area contributed by atoms with Crippen molar-refractivity contribution >= 4 is 22.6 Å². The van der Waals surface area contributed by atoms with Crippen molar-refractivity contribution in [2.24, 2.45) is 0 Å². The minimum absolute atomic E-state index is 0.173. The van der Waals surface area contributed by atoms with E-state index in [4.69, 9.17) is 9.68 Å². The standard InChI is InChI=1S/C19H10F3NO/c20-15-13(9-23)19-14(16(21)17(15)22)12-8-4-7-11(18(12)24-19)10-5-2-1-3-6-10/h1-3,5-6,8H,4,7H2. The molecule has 1 aliphatic carbocycles. The summed E-state index contributed by atoms with van der Waals surface area (Å²) in [6.45, 7) is 0. The summed E-state index contributed by atoms with van der Waals surface area (Å²) in [4.78, 5) is 0. The number of nitriles is 1. The molecule has 0 saturated heterocycles. The molecule has 0 bridgehead atoms. The fraction of sp³-hybridized carbons (Fsp3) is 0.105. The third kappa shape index (κ3) is 1.89. The molecule has 1 heterocycles. The van der Waals surface area contributed by atoms with Crippen LogP contribution < -0.4 is 10.6 Å². The van der Waals surface area contributed by atoms with Crippen molar-refractivity contribution in [3.8, 4) is 6.07 Å². The molecule has 0 atom stereocenters. The molecule has 0 spiro atoms. The Morgan fingerprint density at radius 1 is 1.00 bits per heavy atom. The van der Waals surface area contributed by atoms with E-state index < -0.39 is 23.0 Å². The second-order valence-electron chi connectivity index (χ2n) is 5.57. The topological polar surface area (TPSA) is 36.9 Å². The zero-order valence-corrected chi connectivity index (χ0v) is 12.4. The van der Waals surface area contributed by atoms with Gasteiger partial charge >= 0.3 is 0 Å². The Hall–Kier alpha value is -3.00. The lowest BCUT2D eigenvalue weighted by molar-refractivity contribution is 0.449. The normalized spacial score (nSPS) is 13.5. The molecule has 0 fully saturated rings. The van der Waals surface area contributed by atoms with Gasteiger partial charge in [0.25, 0.3) is 0 Å². The summed E-state index contributed by atoms with van der Waals surface area (Å²) in [6, 6.07) is 11.0. The first kappa shape index (κ1) is 14.6. The molecule has 4 rings (SSSR count). The Kier molecular flexibility index (Phi) is 3.20. The van der Waals surface area contributed by atoms with E-state index in [1.165, 1.54) is 0 Å². The van der Waals surface area contributed by atoms with Crippen LogP contribution in [0.25, 0.3) is 22.6 Å². The lowest BCUT2D eigenvalue weighted by atomic mass is 9.96. The van der Waals surface area contributed by atoms with Crippen molar-refractivity contribution < 1.29 is 17.6 Å². The highest BCUT2D eigenvalue weighted by molar-refractivity contribution is 5.86. The van der Waals surface area contributed by atoms with E-state index in [1.807, 2.05) is 30.3 Å². The number of benzene rings is 2. The average molecular weight is 325 g/mol. The second-order valence-corrected chi connectivity index (χ2v) is 5.57. The Balaban J connectivity index is 2.24. The molecule has 1 aromatic heterocycles. The van der Waals surface area contributed by atoms with Crippen LogP contribution in [0, 0.1) is 28.8 Å². The molecule has 0 N–H and O–H groups in total. The Morgan fingerprint density at radius 3 is 2.46 bits per heavy atom. The van der Waals surface area contributed by atoms with Gasteiger partial charge in [-0.3, -0.25) is 0 Å². The Bertz CT molecular complexity index is 1140. The molecule has 0 radical (unpaired) electrons. The molecule has 2 aromatic carbocycles. The SMILES string of the molecule is N#Cc1c(F)c(F)c(F)c2c3c(oc12)=C(c1ccccc1)CCC=3. The number of hydrogen-bond acceptors (Lipinski definition) is 2. The van der Waals surface area contributed by atoms with Crippen LogP contribution in [0.1, 0.15) is 24.0 Å². The van der Waals surface area contributed by atoms with E-state index in [9.17, 15) is 13.2 Å². The third-order valence-corrected chi connectivity index (χ3v) is 4.25.